The largest absolute Gasteiger partial charge is 0.490 e. The molecule has 0 aliphatic carbocycles. The van der Waals surface area contributed by atoms with Crippen LogP contribution in [0.3, 0.4) is 0 Å². The zero-order valence-electron chi connectivity index (χ0n) is 10.6. The van der Waals surface area contributed by atoms with Gasteiger partial charge in [-0.25, -0.2) is 0 Å². The molecule has 1 aromatic rings. The Kier molecular flexibility index (Phi) is 4.40. The molecule has 1 N–H and O–H groups in total. The molecule has 3 heteroatoms. The van der Waals surface area contributed by atoms with Gasteiger partial charge in [-0.05, 0) is 31.5 Å². The molecule has 2 atom stereocenters. The minimum absolute atomic E-state index is 0.333. The van der Waals surface area contributed by atoms with Gasteiger partial charge in [-0.1, -0.05) is 18.2 Å². The molecule has 0 radical (unpaired) electrons. The lowest BCUT2D eigenvalue weighted by Gasteiger charge is -2.17. The zero-order valence-corrected chi connectivity index (χ0v) is 10.6. The maximum Gasteiger partial charge on any atom is 0.123 e. The van der Waals surface area contributed by atoms with Crippen molar-refractivity contribution in [2.24, 2.45) is 0 Å². The van der Waals surface area contributed by atoms with Crippen molar-refractivity contribution in [2.75, 3.05) is 20.8 Å². The fourth-order valence-electron chi connectivity index (χ4n) is 2.31. The monoisotopic (exact) mass is 235 g/mol. The predicted octanol–water partition coefficient (Wildman–Crippen LogP) is 2.00. The van der Waals surface area contributed by atoms with Crippen molar-refractivity contribution in [1.29, 1.82) is 0 Å². The maximum atomic E-state index is 5.91. The number of hydrogen-bond acceptors (Lipinski definition) is 3. The molecule has 2 rings (SSSR count). The van der Waals surface area contributed by atoms with Gasteiger partial charge in [0.25, 0.3) is 0 Å². The van der Waals surface area contributed by atoms with E-state index in [2.05, 4.69) is 23.5 Å². The number of nitrogens with one attached hydrogen (secondary N) is 1. The van der Waals surface area contributed by atoms with Crippen LogP contribution in [0.2, 0.25) is 0 Å². The summed E-state index contributed by atoms with van der Waals surface area (Å²) in [5.74, 6) is 1.06. The first-order valence-corrected chi connectivity index (χ1v) is 6.24. The van der Waals surface area contributed by atoms with E-state index < -0.39 is 0 Å². The lowest BCUT2D eigenvalue weighted by Crippen LogP contribution is -2.31. The molecule has 0 amide bonds. The first-order valence-electron chi connectivity index (χ1n) is 6.24. The molecule has 2 unspecified atom stereocenters. The Morgan fingerprint density at radius 3 is 3.00 bits per heavy atom. The molecule has 0 saturated heterocycles. The lowest BCUT2D eigenvalue weighted by atomic mass is 10.0. The van der Waals surface area contributed by atoms with Crippen molar-refractivity contribution in [1.82, 2.24) is 5.32 Å². The molecule has 17 heavy (non-hydrogen) atoms. The standard InChI is InChI=1S/C14H21NO2/c1-15-12(10-16-2)7-8-13-9-11-5-3-4-6-14(11)17-13/h3-6,12-13,15H,7-10H2,1-2H3. The fraction of sp³-hybridized carbons (Fsp3) is 0.571. The van der Waals surface area contributed by atoms with E-state index in [1.54, 1.807) is 7.11 Å². The Hall–Kier alpha value is -1.06. The highest BCUT2D eigenvalue weighted by atomic mass is 16.5. The van der Waals surface area contributed by atoms with E-state index in [1.165, 1.54) is 5.56 Å². The van der Waals surface area contributed by atoms with Gasteiger partial charge in [-0.2, -0.15) is 0 Å². The van der Waals surface area contributed by atoms with Crippen LogP contribution in [0.1, 0.15) is 18.4 Å². The number of ether oxygens (including phenoxy) is 2. The van der Waals surface area contributed by atoms with Crippen LogP contribution in [-0.2, 0) is 11.2 Å². The van der Waals surface area contributed by atoms with Crippen LogP contribution in [0.15, 0.2) is 24.3 Å². The average molecular weight is 235 g/mol. The van der Waals surface area contributed by atoms with E-state index in [9.17, 15) is 0 Å². The van der Waals surface area contributed by atoms with Crippen LogP contribution >= 0.6 is 0 Å². The molecule has 1 heterocycles. The van der Waals surface area contributed by atoms with E-state index in [0.717, 1.165) is 31.6 Å². The molecular formula is C14H21NO2. The summed E-state index contributed by atoms with van der Waals surface area (Å²) in [4.78, 5) is 0. The summed E-state index contributed by atoms with van der Waals surface area (Å²) in [6.07, 6.45) is 3.53. The topological polar surface area (TPSA) is 30.5 Å². The molecule has 0 bridgehead atoms. The molecular weight excluding hydrogens is 214 g/mol. The highest BCUT2D eigenvalue weighted by molar-refractivity contribution is 5.37. The number of methoxy groups -OCH3 is 1. The molecule has 3 nitrogen and oxygen atoms in total. The van der Waals surface area contributed by atoms with Crippen molar-refractivity contribution in [3.8, 4) is 5.75 Å². The van der Waals surface area contributed by atoms with Gasteiger partial charge in [0.05, 0.1) is 6.61 Å². The number of fused-ring (bicyclic) bond motifs is 1. The highest BCUT2D eigenvalue weighted by Crippen LogP contribution is 2.30. The third kappa shape index (κ3) is 3.20. The molecule has 0 saturated carbocycles. The third-order valence-electron chi connectivity index (χ3n) is 3.33. The maximum absolute atomic E-state index is 5.91. The van der Waals surface area contributed by atoms with Gasteiger partial charge in [-0.3, -0.25) is 0 Å². The van der Waals surface area contributed by atoms with E-state index in [-0.39, 0.29) is 0 Å². The number of para-hydroxylation sites is 1. The number of rotatable bonds is 6. The summed E-state index contributed by atoms with van der Waals surface area (Å²) < 4.78 is 11.1. The van der Waals surface area contributed by atoms with Crippen LogP contribution in [0.25, 0.3) is 0 Å². The lowest BCUT2D eigenvalue weighted by molar-refractivity contribution is 0.152. The van der Waals surface area contributed by atoms with Crippen LogP contribution in [0.4, 0.5) is 0 Å². The molecule has 0 aromatic heterocycles. The van der Waals surface area contributed by atoms with Crippen LogP contribution in [-0.4, -0.2) is 32.9 Å². The van der Waals surface area contributed by atoms with Crippen molar-refractivity contribution in [3.63, 3.8) is 0 Å². The van der Waals surface area contributed by atoms with Crippen LogP contribution in [0.5, 0.6) is 5.75 Å². The molecule has 94 valence electrons. The van der Waals surface area contributed by atoms with E-state index in [4.69, 9.17) is 9.47 Å². The SMILES string of the molecule is CNC(CCC1Cc2ccccc2O1)COC. The summed E-state index contributed by atoms with van der Waals surface area (Å²) in [6.45, 7) is 0.760. The second kappa shape index (κ2) is 6.03. The Bertz CT molecular complexity index is 329. The van der Waals surface area contributed by atoms with Crippen molar-refractivity contribution >= 4 is 0 Å². The first-order chi connectivity index (χ1) is 8.33. The summed E-state index contributed by atoms with van der Waals surface area (Å²) in [7, 11) is 3.72. The van der Waals surface area contributed by atoms with E-state index in [0.29, 0.717) is 12.1 Å². The predicted molar refractivity (Wildman–Crippen MR) is 68.5 cm³/mol. The third-order valence-corrected chi connectivity index (χ3v) is 3.33. The van der Waals surface area contributed by atoms with Gasteiger partial charge in [-0.15, -0.1) is 0 Å². The Balaban J connectivity index is 1.79. The van der Waals surface area contributed by atoms with E-state index in [1.807, 2.05) is 13.1 Å². The molecule has 0 spiro atoms. The molecule has 1 aromatic carbocycles. The number of hydrogen-bond donors (Lipinski definition) is 1. The van der Waals surface area contributed by atoms with Gasteiger partial charge in [0.1, 0.15) is 11.9 Å². The molecule has 1 aliphatic heterocycles. The minimum atomic E-state index is 0.333. The van der Waals surface area contributed by atoms with Crippen molar-refractivity contribution in [2.45, 2.75) is 31.4 Å². The number of likely N-dealkylation sites (N-methyl/N-ethyl adjacent to an activating group) is 1. The average Bonchev–Trinajstić information content (AvgIpc) is 2.77. The number of benzene rings is 1. The van der Waals surface area contributed by atoms with Gasteiger partial charge in [0.15, 0.2) is 0 Å². The van der Waals surface area contributed by atoms with Crippen LogP contribution < -0.4 is 10.1 Å². The summed E-state index contributed by atoms with van der Waals surface area (Å²) in [6, 6.07) is 8.74. The van der Waals surface area contributed by atoms with Crippen molar-refractivity contribution < 1.29 is 9.47 Å². The van der Waals surface area contributed by atoms with Gasteiger partial charge in [0.2, 0.25) is 0 Å². The molecule has 1 aliphatic rings. The second-order valence-corrected chi connectivity index (χ2v) is 4.57. The summed E-state index contributed by atoms with van der Waals surface area (Å²) in [5.41, 5.74) is 1.34. The molecule has 0 fully saturated rings. The Morgan fingerprint density at radius 1 is 1.47 bits per heavy atom. The normalized spacial score (nSPS) is 19.8. The second-order valence-electron chi connectivity index (χ2n) is 4.57. The Morgan fingerprint density at radius 2 is 2.29 bits per heavy atom. The van der Waals surface area contributed by atoms with Gasteiger partial charge in [0, 0.05) is 19.6 Å². The van der Waals surface area contributed by atoms with Gasteiger partial charge >= 0.3 is 0 Å². The van der Waals surface area contributed by atoms with Crippen molar-refractivity contribution in [3.05, 3.63) is 29.8 Å². The first kappa shape index (κ1) is 12.4. The van der Waals surface area contributed by atoms with Gasteiger partial charge < -0.3 is 14.8 Å². The minimum Gasteiger partial charge on any atom is -0.490 e. The fourth-order valence-corrected chi connectivity index (χ4v) is 2.31. The smallest absolute Gasteiger partial charge is 0.123 e. The van der Waals surface area contributed by atoms with Crippen LogP contribution in [0, 0.1) is 0 Å². The zero-order chi connectivity index (χ0) is 12.1. The quantitative estimate of drug-likeness (QED) is 0.818. The van der Waals surface area contributed by atoms with E-state index >= 15 is 0 Å². The highest BCUT2D eigenvalue weighted by Gasteiger charge is 2.22. The summed E-state index contributed by atoms with van der Waals surface area (Å²) in [5, 5.41) is 3.27. The summed E-state index contributed by atoms with van der Waals surface area (Å²) >= 11 is 0. The Labute approximate surface area is 103 Å².